The van der Waals surface area contributed by atoms with Crippen molar-refractivity contribution >= 4 is 0 Å². The third-order valence-corrected chi connectivity index (χ3v) is 2.25. The number of rotatable bonds is 6. The summed E-state index contributed by atoms with van der Waals surface area (Å²) < 4.78 is 0. The highest BCUT2D eigenvalue weighted by molar-refractivity contribution is 4.56. The van der Waals surface area contributed by atoms with E-state index in [0.717, 1.165) is 0 Å². The van der Waals surface area contributed by atoms with Crippen molar-refractivity contribution in [2.75, 3.05) is 13.6 Å². The van der Waals surface area contributed by atoms with Gasteiger partial charge in [0.15, 0.2) is 0 Å². The van der Waals surface area contributed by atoms with E-state index in [1.165, 1.54) is 32.2 Å². The minimum Gasteiger partial charge on any atom is -0.304 e. The Balaban J connectivity index is 0. The predicted molar refractivity (Wildman–Crippen MR) is 63.3 cm³/mol. The van der Waals surface area contributed by atoms with E-state index in [1.807, 2.05) is 13.8 Å². The Hall–Kier alpha value is -0.0400. The molecule has 0 unspecified atom stereocenters. The van der Waals surface area contributed by atoms with Gasteiger partial charge in [-0.15, -0.1) is 0 Å². The van der Waals surface area contributed by atoms with E-state index in [-0.39, 0.29) is 0 Å². The first kappa shape index (κ1) is 15.4. The SMILES string of the molecule is CC.CCCCCCN(C)C(C)C. The molecule has 0 aromatic heterocycles. The van der Waals surface area contributed by atoms with Gasteiger partial charge in [-0.3, -0.25) is 0 Å². The Kier molecular flexibility index (Phi) is 14.2. The van der Waals surface area contributed by atoms with Crippen LogP contribution in [0, 0.1) is 0 Å². The summed E-state index contributed by atoms with van der Waals surface area (Å²) in [7, 11) is 2.20. The average molecular weight is 187 g/mol. The molecule has 0 aliphatic rings. The Morgan fingerprint density at radius 1 is 1.00 bits per heavy atom. The molecule has 0 saturated carbocycles. The average Bonchev–Trinajstić information content (AvgIpc) is 2.15. The number of nitrogens with zero attached hydrogens (tertiary/aromatic N) is 1. The minimum absolute atomic E-state index is 0.705. The molecule has 13 heavy (non-hydrogen) atoms. The van der Waals surface area contributed by atoms with Crippen molar-refractivity contribution in [3.8, 4) is 0 Å². The van der Waals surface area contributed by atoms with Crippen LogP contribution in [0.4, 0.5) is 0 Å². The molecule has 1 heteroatoms. The molecule has 0 bridgehead atoms. The molecule has 0 heterocycles. The van der Waals surface area contributed by atoms with E-state index in [4.69, 9.17) is 0 Å². The minimum atomic E-state index is 0.705. The van der Waals surface area contributed by atoms with Crippen LogP contribution in [-0.4, -0.2) is 24.5 Å². The summed E-state index contributed by atoms with van der Waals surface area (Å²) in [4.78, 5) is 2.41. The molecule has 0 spiro atoms. The van der Waals surface area contributed by atoms with Crippen LogP contribution in [0.15, 0.2) is 0 Å². The van der Waals surface area contributed by atoms with Crippen molar-refractivity contribution in [1.82, 2.24) is 4.90 Å². The zero-order valence-electron chi connectivity index (χ0n) is 10.6. The normalized spacial score (nSPS) is 10.2. The van der Waals surface area contributed by atoms with Gasteiger partial charge in [0.05, 0.1) is 0 Å². The summed E-state index contributed by atoms with van der Waals surface area (Å²) in [6.07, 6.45) is 5.49. The summed E-state index contributed by atoms with van der Waals surface area (Å²) >= 11 is 0. The van der Waals surface area contributed by atoms with Gasteiger partial charge in [-0.1, -0.05) is 40.0 Å². The number of hydrogen-bond donors (Lipinski definition) is 0. The highest BCUT2D eigenvalue weighted by Gasteiger charge is 2.00. The molecule has 0 fully saturated rings. The smallest absolute Gasteiger partial charge is 0.00355 e. The largest absolute Gasteiger partial charge is 0.304 e. The van der Waals surface area contributed by atoms with Crippen molar-refractivity contribution in [1.29, 1.82) is 0 Å². The second kappa shape index (κ2) is 12.0. The van der Waals surface area contributed by atoms with Gasteiger partial charge < -0.3 is 4.90 Å². The van der Waals surface area contributed by atoms with E-state index in [2.05, 4.69) is 32.7 Å². The van der Waals surface area contributed by atoms with Crippen LogP contribution in [0.2, 0.25) is 0 Å². The van der Waals surface area contributed by atoms with Gasteiger partial charge in [0.1, 0.15) is 0 Å². The summed E-state index contributed by atoms with van der Waals surface area (Å²) in [5.41, 5.74) is 0. The standard InChI is InChI=1S/C10H23N.C2H6/c1-5-6-7-8-9-11(4)10(2)3;1-2/h10H,5-9H2,1-4H3;1-2H3. The maximum atomic E-state index is 2.41. The third-order valence-electron chi connectivity index (χ3n) is 2.25. The van der Waals surface area contributed by atoms with Crippen LogP contribution < -0.4 is 0 Å². The maximum absolute atomic E-state index is 2.41. The fourth-order valence-electron chi connectivity index (χ4n) is 1.05. The molecule has 0 aromatic carbocycles. The summed E-state index contributed by atoms with van der Waals surface area (Å²) in [5, 5.41) is 0. The van der Waals surface area contributed by atoms with Crippen LogP contribution in [0.3, 0.4) is 0 Å². The molecule has 1 nitrogen and oxygen atoms in total. The lowest BCUT2D eigenvalue weighted by Crippen LogP contribution is -2.27. The zero-order valence-corrected chi connectivity index (χ0v) is 10.6. The highest BCUT2D eigenvalue weighted by atomic mass is 15.1. The van der Waals surface area contributed by atoms with E-state index in [9.17, 15) is 0 Å². The molecule has 82 valence electrons. The highest BCUT2D eigenvalue weighted by Crippen LogP contribution is 2.01. The molecule has 0 aliphatic heterocycles. The molecule has 0 N–H and O–H groups in total. The quantitative estimate of drug-likeness (QED) is 0.569. The molecular formula is C12H29N. The first-order chi connectivity index (χ1) is 6.18. The predicted octanol–water partition coefficient (Wildman–Crippen LogP) is 3.93. The van der Waals surface area contributed by atoms with Gasteiger partial charge in [0.25, 0.3) is 0 Å². The molecule has 0 atom stereocenters. The van der Waals surface area contributed by atoms with Gasteiger partial charge in [0, 0.05) is 6.04 Å². The van der Waals surface area contributed by atoms with Gasteiger partial charge >= 0.3 is 0 Å². The lowest BCUT2D eigenvalue weighted by atomic mass is 10.2. The first-order valence-corrected chi connectivity index (χ1v) is 5.88. The monoisotopic (exact) mass is 187 g/mol. The maximum Gasteiger partial charge on any atom is 0.00355 e. The van der Waals surface area contributed by atoms with Crippen molar-refractivity contribution in [3.63, 3.8) is 0 Å². The van der Waals surface area contributed by atoms with E-state index >= 15 is 0 Å². The molecule has 0 aromatic rings. The number of hydrogen-bond acceptors (Lipinski definition) is 1. The van der Waals surface area contributed by atoms with E-state index in [0.29, 0.717) is 6.04 Å². The fraction of sp³-hybridized carbons (Fsp3) is 1.00. The summed E-state index contributed by atoms with van der Waals surface area (Å²) in [6.45, 7) is 12.0. The summed E-state index contributed by atoms with van der Waals surface area (Å²) in [5.74, 6) is 0. The Bertz CT molecular complexity index is 79.2. The van der Waals surface area contributed by atoms with Gasteiger partial charge in [-0.25, -0.2) is 0 Å². The second-order valence-electron chi connectivity index (χ2n) is 3.64. The van der Waals surface area contributed by atoms with Crippen LogP contribution in [-0.2, 0) is 0 Å². The Morgan fingerprint density at radius 2 is 1.54 bits per heavy atom. The van der Waals surface area contributed by atoms with Crippen molar-refractivity contribution < 1.29 is 0 Å². The zero-order chi connectivity index (χ0) is 10.7. The van der Waals surface area contributed by atoms with Crippen LogP contribution in [0.5, 0.6) is 0 Å². The second-order valence-corrected chi connectivity index (χ2v) is 3.64. The lowest BCUT2D eigenvalue weighted by molar-refractivity contribution is 0.267. The van der Waals surface area contributed by atoms with Crippen molar-refractivity contribution in [2.24, 2.45) is 0 Å². The van der Waals surface area contributed by atoms with Gasteiger partial charge in [-0.05, 0) is 33.9 Å². The van der Waals surface area contributed by atoms with Crippen LogP contribution in [0.25, 0.3) is 0 Å². The molecule has 0 aliphatic carbocycles. The lowest BCUT2D eigenvalue weighted by Gasteiger charge is -2.20. The summed E-state index contributed by atoms with van der Waals surface area (Å²) in [6, 6.07) is 0.705. The van der Waals surface area contributed by atoms with Crippen LogP contribution >= 0.6 is 0 Å². The molecule has 0 radical (unpaired) electrons. The molecule has 0 rings (SSSR count). The Labute approximate surface area is 85.5 Å². The fourth-order valence-corrected chi connectivity index (χ4v) is 1.05. The topological polar surface area (TPSA) is 3.24 Å². The van der Waals surface area contributed by atoms with Crippen molar-refractivity contribution in [2.45, 2.75) is 66.3 Å². The van der Waals surface area contributed by atoms with E-state index < -0.39 is 0 Å². The van der Waals surface area contributed by atoms with Gasteiger partial charge in [0.2, 0.25) is 0 Å². The van der Waals surface area contributed by atoms with E-state index in [1.54, 1.807) is 0 Å². The third kappa shape index (κ3) is 12.0. The molecular weight excluding hydrogens is 158 g/mol. The Morgan fingerprint density at radius 3 is 1.92 bits per heavy atom. The van der Waals surface area contributed by atoms with Gasteiger partial charge in [-0.2, -0.15) is 0 Å². The number of unbranched alkanes of at least 4 members (excludes halogenated alkanes) is 3. The first-order valence-electron chi connectivity index (χ1n) is 5.88. The molecule has 0 amide bonds. The molecule has 0 saturated heterocycles. The van der Waals surface area contributed by atoms with Crippen molar-refractivity contribution in [3.05, 3.63) is 0 Å². The van der Waals surface area contributed by atoms with Crippen LogP contribution in [0.1, 0.15) is 60.3 Å².